The van der Waals surface area contributed by atoms with Crippen LogP contribution in [0.4, 0.5) is 5.69 Å². The summed E-state index contributed by atoms with van der Waals surface area (Å²) in [7, 11) is 0. The van der Waals surface area contributed by atoms with Crippen molar-refractivity contribution >= 4 is 23.0 Å². The molecule has 1 saturated carbocycles. The number of anilines is 1. The lowest BCUT2D eigenvalue weighted by Crippen LogP contribution is -2.30. The van der Waals surface area contributed by atoms with Crippen LogP contribution in [0.25, 0.3) is 0 Å². The standard InChI is InChI=1S/C23H32N2S.C5H10/c1-6-8-10-12-20-14-16-21(17-15-20)25-23(26)24-19(5)22(18(3)4)13-11-9-7-2;1-2-4-5-3-1/h7,9,11,13-17,22H,3,5-6,8,10,12H2,1-2,4H3,(H2,24,25,26);1-5H2/b9-7-,13-11?;. The molecule has 0 amide bonds. The van der Waals surface area contributed by atoms with Crippen LogP contribution in [0.15, 0.2) is 73.0 Å². The number of benzene rings is 1. The fourth-order valence-electron chi connectivity index (χ4n) is 3.47. The number of hydrogen-bond acceptors (Lipinski definition) is 1. The molecule has 1 atom stereocenters. The molecule has 1 fully saturated rings. The molecule has 1 unspecified atom stereocenters. The van der Waals surface area contributed by atoms with Gasteiger partial charge in [0.15, 0.2) is 5.11 Å². The molecule has 0 aliphatic heterocycles. The summed E-state index contributed by atoms with van der Waals surface area (Å²) in [5.41, 5.74) is 4.17. The molecule has 1 aliphatic carbocycles. The molecule has 0 spiro atoms. The van der Waals surface area contributed by atoms with E-state index < -0.39 is 0 Å². The van der Waals surface area contributed by atoms with E-state index in [-0.39, 0.29) is 5.92 Å². The van der Waals surface area contributed by atoms with Gasteiger partial charge in [0, 0.05) is 17.3 Å². The highest BCUT2D eigenvalue weighted by atomic mass is 32.1. The van der Waals surface area contributed by atoms with E-state index in [1.807, 2.05) is 32.1 Å². The van der Waals surface area contributed by atoms with Gasteiger partial charge >= 0.3 is 0 Å². The number of hydrogen-bond donors (Lipinski definition) is 2. The third kappa shape index (κ3) is 12.3. The van der Waals surface area contributed by atoms with Crippen LogP contribution in [0.2, 0.25) is 0 Å². The van der Waals surface area contributed by atoms with E-state index in [9.17, 15) is 0 Å². The highest BCUT2D eigenvalue weighted by Gasteiger charge is 2.11. The van der Waals surface area contributed by atoms with Gasteiger partial charge in [0.2, 0.25) is 0 Å². The second-order valence-corrected chi connectivity index (χ2v) is 8.67. The molecule has 0 aromatic heterocycles. The summed E-state index contributed by atoms with van der Waals surface area (Å²) < 4.78 is 0. The topological polar surface area (TPSA) is 24.1 Å². The minimum absolute atomic E-state index is 0.0342. The molecule has 3 heteroatoms. The number of aryl methyl sites for hydroxylation is 1. The normalized spacial score (nSPS) is 14.2. The number of thiocarbonyl (C=S) groups is 1. The summed E-state index contributed by atoms with van der Waals surface area (Å²) in [5.74, 6) is 0.0342. The highest BCUT2D eigenvalue weighted by Crippen LogP contribution is 2.18. The summed E-state index contributed by atoms with van der Waals surface area (Å²) in [4.78, 5) is 0. The minimum atomic E-state index is 0.0342. The summed E-state index contributed by atoms with van der Waals surface area (Å²) >= 11 is 5.42. The van der Waals surface area contributed by atoms with Crippen LogP contribution in [0.1, 0.15) is 77.7 Å². The molecule has 1 aromatic carbocycles. The minimum Gasteiger partial charge on any atom is -0.336 e. The number of allylic oxidation sites excluding steroid dienone is 4. The zero-order chi connectivity index (χ0) is 22.9. The quantitative estimate of drug-likeness (QED) is 0.166. The van der Waals surface area contributed by atoms with Gasteiger partial charge in [-0.15, -0.1) is 0 Å². The van der Waals surface area contributed by atoms with Gasteiger partial charge in [-0.2, -0.15) is 0 Å². The van der Waals surface area contributed by atoms with Gasteiger partial charge in [0.25, 0.3) is 0 Å². The number of rotatable bonds is 10. The molecule has 170 valence electrons. The average molecular weight is 439 g/mol. The lowest BCUT2D eigenvalue weighted by molar-refractivity contribution is 0.717. The highest BCUT2D eigenvalue weighted by molar-refractivity contribution is 7.80. The first-order chi connectivity index (χ1) is 15.0. The first-order valence-corrected chi connectivity index (χ1v) is 12.2. The molecule has 31 heavy (non-hydrogen) atoms. The average Bonchev–Trinajstić information content (AvgIpc) is 3.32. The van der Waals surface area contributed by atoms with Crippen LogP contribution in [-0.4, -0.2) is 5.11 Å². The number of unbranched alkanes of at least 4 members (excludes halogenated alkanes) is 2. The maximum atomic E-state index is 5.42. The van der Waals surface area contributed by atoms with Crippen LogP contribution >= 0.6 is 12.2 Å². The Hall–Kier alpha value is -2.13. The van der Waals surface area contributed by atoms with Crippen molar-refractivity contribution in [2.75, 3.05) is 5.32 Å². The third-order valence-electron chi connectivity index (χ3n) is 5.32. The van der Waals surface area contributed by atoms with Crippen LogP contribution in [-0.2, 0) is 6.42 Å². The van der Waals surface area contributed by atoms with Gasteiger partial charge in [0.05, 0.1) is 0 Å². The third-order valence-corrected chi connectivity index (χ3v) is 5.52. The Labute approximate surface area is 196 Å². The predicted octanol–water partition coefficient (Wildman–Crippen LogP) is 8.49. The smallest absolute Gasteiger partial charge is 0.175 e. The van der Waals surface area contributed by atoms with E-state index in [2.05, 4.69) is 61.1 Å². The first kappa shape index (κ1) is 26.9. The molecule has 2 rings (SSSR count). The molecule has 2 nitrogen and oxygen atoms in total. The lowest BCUT2D eigenvalue weighted by atomic mass is 9.98. The second-order valence-electron chi connectivity index (χ2n) is 8.26. The number of nitrogens with one attached hydrogen (secondary N) is 2. The van der Waals surface area contributed by atoms with Crippen molar-refractivity contribution in [2.45, 2.75) is 78.6 Å². The van der Waals surface area contributed by atoms with Crippen molar-refractivity contribution < 1.29 is 0 Å². The van der Waals surface area contributed by atoms with Crippen LogP contribution in [0, 0.1) is 5.92 Å². The zero-order valence-corrected chi connectivity index (χ0v) is 20.7. The Morgan fingerprint density at radius 1 is 1.03 bits per heavy atom. The SMILES string of the molecule is C1CCCC1.C=C(C)C(C=C/C=C\C)C(=C)NC(=S)Nc1ccc(CCCCC)cc1. The van der Waals surface area contributed by atoms with Crippen molar-refractivity contribution in [3.8, 4) is 0 Å². The zero-order valence-electron chi connectivity index (χ0n) is 19.9. The Morgan fingerprint density at radius 2 is 1.65 bits per heavy atom. The van der Waals surface area contributed by atoms with Crippen molar-refractivity contribution in [1.82, 2.24) is 5.32 Å². The first-order valence-electron chi connectivity index (χ1n) is 11.8. The molecule has 0 radical (unpaired) electrons. The summed E-state index contributed by atoms with van der Waals surface area (Å²) in [5, 5.41) is 6.94. The molecule has 0 bridgehead atoms. The lowest BCUT2D eigenvalue weighted by Gasteiger charge is -2.19. The maximum absolute atomic E-state index is 5.42. The van der Waals surface area contributed by atoms with Crippen LogP contribution in [0.3, 0.4) is 0 Å². The largest absolute Gasteiger partial charge is 0.336 e. The van der Waals surface area contributed by atoms with Crippen molar-refractivity contribution in [3.63, 3.8) is 0 Å². The monoisotopic (exact) mass is 438 g/mol. The molecule has 0 heterocycles. The summed E-state index contributed by atoms with van der Waals surface area (Å²) in [6.07, 6.45) is 20.4. The van der Waals surface area contributed by atoms with E-state index in [4.69, 9.17) is 12.2 Å². The van der Waals surface area contributed by atoms with Gasteiger partial charge in [-0.1, -0.05) is 107 Å². The van der Waals surface area contributed by atoms with E-state index in [0.717, 1.165) is 23.4 Å². The van der Waals surface area contributed by atoms with Gasteiger partial charge in [0.1, 0.15) is 0 Å². The molecule has 1 aromatic rings. The molecular formula is C28H42N2S. The van der Waals surface area contributed by atoms with Gasteiger partial charge in [-0.05, 0) is 56.6 Å². The molecular weight excluding hydrogens is 396 g/mol. The Bertz CT molecular complexity index is 716. The summed E-state index contributed by atoms with van der Waals surface area (Å²) in [6, 6.07) is 8.46. The molecule has 2 N–H and O–H groups in total. The van der Waals surface area contributed by atoms with E-state index >= 15 is 0 Å². The van der Waals surface area contributed by atoms with Gasteiger partial charge in [-0.25, -0.2) is 0 Å². The fourth-order valence-corrected chi connectivity index (χ4v) is 3.72. The fraction of sp³-hybridized carbons (Fsp3) is 0.464. The summed E-state index contributed by atoms with van der Waals surface area (Å²) in [6.45, 7) is 14.4. The van der Waals surface area contributed by atoms with Crippen LogP contribution in [0.5, 0.6) is 0 Å². The van der Waals surface area contributed by atoms with Crippen molar-refractivity contribution in [2.24, 2.45) is 5.92 Å². The van der Waals surface area contributed by atoms with Gasteiger partial charge < -0.3 is 10.6 Å². The van der Waals surface area contributed by atoms with Gasteiger partial charge in [-0.3, -0.25) is 0 Å². The predicted molar refractivity (Wildman–Crippen MR) is 144 cm³/mol. The maximum Gasteiger partial charge on any atom is 0.175 e. The van der Waals surface area contributed by atoms with E-state index in [0.29, 0.717) is 5.11 Å². The Balaban J connectivity index is 0.000000836. The molecule has 1 aliphatic rings. The van der Waals surface area contributed by atoms with E-state index in [1.54, 1.807) is 0 Å². The second kappa shape index (κ2) is 16.5. The van der Waals surface area contributed by atoms with Crippen molar-refractivity contribution in [1.29, 1.82) is 0 Å². The molecule has 0 saturated heterocycles. The van der Waals surface area contributed by atoms with Crippen molar-refractivity contribution in [3.05, 3.63) is 78.6 Å². The Morgan fingerprint density at radius 3 is 2.16 bits per heavy atom. The van der Waals surface area contributed by atoms with E-state index in [1.165, 1.54) is 56.9 Å². The van der Waals surface area contributed by atoms with Crippen LogP contribution < -0.4 is 10.6 Å². The Kier molecular flexibility index (Phi) is 14.4.